The van der Waals surface area contributed by atoms with E-state index in [0.717, 1.165) is 6.54 Å². The zero-order valence-corrected chi connectivity index (χ0v) is 11.5. The molecule has 2 amide bonds. The summed E-state index contributed by atoms with van der Waals surface area (Å²) in [6.45, 7) is 3.93. The highest BCUT2D eigenvalue weighted by molar-refractivity contribution is 5.93. The van der Waals surface area contributed by atoms with E-state index in [9.17, 15) is 9.59 Å². The Morgan fingerprint density at radius 2 is 1.95 bits per heavy atom. The van der Waals surface area contributed by atoms with Crippen LogP contribution in [0.1, 0.15) is 17.3 Å². The fourth-order valence-corrected chi connectivity index (χ4v) is 1.65. The van der Waals surface area contributed by atoms with Crippen LogP contribution in [0.25, 0.3) is 0 Å². The Labute approximate surface area is 117 Å². The van der Waals surface area contributed by atoms with Gasteiger partial charge in [-0.15, -0.1) is 0 Å². The van der Waals surface area contributed by atoms with Gasteiger partial charge in [0, 0.05) is 12.1 Å². The van der Waals surface area contributed by atoms with Gasteiger partial charge in [0.2, 0.25) is 5.91 Å². The summed E-state index contributed by atoms with van der Waals surface area (Å²) < 4.78 is 5.53. The number of nitrogen functional groups attached to an aromatic ring is 1. The minimum atomic E-state index is -0.357. The van der Waals surface area contributed by atoms with Crippen LogP contribution in [0, 0.1) is 0 Å². The third-order valence-corrected chi connectivity index (χ3v) is 2.75. The first-order chi connectivity index (χ1) is 9.56. The normalized spacial score (nSPS) is 10.3. The summed E-state index contributed by atoms with van der Waals surface area (Å²) >= 11 is 0. The molecule has 1 aromatic carbocycles. The molecule has 7 nitrogen and oxygen atoms in total. The van der Waals surface area contributed by atoms with Gasteiger partial charge in [-0.3, -0.25) is 19.9 Å². The van der Waals surface area contributed by atoms with E-state index in [1.165, 1.54) is 0 Å². The summed E-state index contributed by atoms with van der Waals surface area (Å²) in [6.07, 6.45) is 0. The van der Waals surface area contributed by atoms with Gasteiger partial charge in [0.15, 0.2) is 0 Å². The van der Waals surface area contributed by atoms with Gasteiger partial charge in [0.25, 0.3) is 5.91 Å². The van der Waals surface area contributed by atoms with Crippen LogP contribution >= 0.6 is 0 Å². The number of nitrogens with two attached hydrogens (primary N) is 2. The third-order valence-electron chi connectivity index (χ3n) is 2.75. The number of likely N-dealkylation sites (N-methyl/N-ethyl adjacent to an activating group) is 1. The van der Waals surface area contributed by atoms with Gasteiger partial charge in [0.1, 0.15) is 12.4 Å². The topological polar surface area (TPSA) is 111 Å². The van der Waals surface area contributed by atoms with E-state index >= 15 is 0 Å². The monoisotopic (exact) mass is 280 g/mol. The van der Waals surface area contributed by atoms with Crippen molar-refractivity contribution < 1.29 is 14.3 Å². The molecule has 7 heteroatoms. The first kappa shape index (κ1) is 15.9. The second-order valence-corrected chi connectivity index (χ2v) is 4.18. The lowest BCUT2D eigenvalue weighted by Crippen LogP contribution is -2.36. The molecule has 0 aromatic heterocycles. The second kappa shape index (κ2) is 8.13. The average molecular weight is 280 g/mol. The van der Waals surface area contributed by atoms with Gasteiger partial charge in [-0.25, -0.2) is 5.84 Å². The molecule has 0 saturated carbocycles. The van der Waals surface area contributed by atoms with E-state index in [1.807, 2.05) is 11.8 Å². The first-order valence-corrected chi connectivity index (χ1v) is 6.31. The first-order valence-electron chi connectivity index (χ1n) is 6.31. The summed E-state index contributed by atoms with van der Waals surface area (Å²) in [5.41, 5.74) is 7.66. The van der Waals surface area contributed by atoms with Crippen molar-refractivity contribution in [3.63, 3.8) is 0 Å². The molecule has 0 aliphatic heterocycles. The number of rotatable bonds is 8. The van der Waals surface area contributed by atoms with Crippen molar-refractivity contribution in [2.24, 2.45) is 11.6 Å². The average Bonchev–Trinajstić information content (AvgIpc) is 2.45. The SMILES string of the molecule is CCN(CCOc1ccc(C(=O)NN)cc1)CC(N)=O. The lowest BCUT2D eigenvalue weighted by molar-refractivity contribution is -0.119. The maximum atomic E-state index is 11.2. The number of hydrogen-bond acceptors (Lipinski definition) is 5. The molecule has 5 N–H and O–H groups in total. The maximum Gasteiger partial charge on any atom is 0.265 e. The molecule has 0 saturated heterocycles. The quantitative estimate of drug-likeness (QED) is 0.337. The van der Waals surface area contributed by atoms with Crippen molar-refractivity contribution in [1.29, 1.82) is 0 Å². The summed E-state index contributed by atoms with van der Waals surface area (Å²) in [5.74, 6) is 4.97. The summed E-state index contributed by atoms with van der Waals surface area (Å²) in [6, 6.07) is 6.63. The number of carbonyl (C=O) groups excluding carboxylic acids is 2. The Bertz CT molecular complexity index is 447. The van der Waals surface area contributed by atoms with Crippen LogP contribution in [0.5, 0.6) is 5.75 Å². The number of hydrogen-bond donors (Lipinski definition) is 3. The van der Waals surface area contributed by atoms with Crippen LogP contribution in [0.4, 0.5) is 0 Å². The number of amides is 2. The zero-order valence-electron chi connectivity index (χ0n) is 11.5. The Morgan fingerprint density at radius 3 is 2.45 bits per heavy atom. The van der Waals surface area contributed by atoms with Crippen molar-refractivity contribution in [1.82, 2.24) is 10.3 Å². The van der Waals surface area contributed by atoms with Gasteiger partial charge in [-0.2, -0.15) is 0 Å². The number of primary amides is 1. The van der Waals surface area contributed by atoms with Crippen LogP contribution < -0.4 is 21.7 Å². The molecule has 1 aromatic rings. The number of ether oxygens (including phenoxy) is 1. The molecule has 0 fully saturated rings. The molecule has 110 valence electrons. The molecule has 0 spiro atoms. The lowest BCUT2D eigenvalue weighted by atomic mass is 10.2. The van der Waals surface area contributed by atoms with Gasteiger partial charge >= 0.3 is 0 Å². The van der Waals surface area contributed by atoms with E-state index < -0.39 is 0 Å². The predicted octanol–water partition coefficient (Wildman–Crippen LogP) is -0.524. The lowest BCUT2D eigenvalue weighted by Gasteiger charge is -2.18. The van der Waals surface area contributed by atoms with Crippen molar-refractivity contribution in [3.8, 4) is 5.75 Å². The molecule has 1 rings (SSSR count). The molecular formula is C13H20N4O3. The molecule has 0 aliphatic carbocycles. The van der Waals surface area contributed by atoms with E-state index in [2.05, 4.69) is 5.43 Å². The largest absolute Gasteiger partial charge is 0.492 e. The van der Waals surface area contributed by atoms with Crippen molar-refractivity contribution in [2.75, 3.05) is 26.2 Å². The second-order valence-electron chi connectivity index (χ2n) is 4.18. The molecule has 0 bridgehead atoms. The number of nitrogens with zero attached hydrogens (tertiary/aromatic N) is 1. The fourth-order valence-electron chi connectivity index (χ4n) is 1.65. The van der Waals surface area contributed by atoms with Crippen molar-refractivity contribution >= 4 is 11.8 Å². The molecule has 20 heavy (non-hydrogen) atoms. The Morgan fingerprint density at radius 1 is 1.30 bits per heavy atom. The Balaban J connectivity index is 2.41. The number of carbonyl (C=O) groups is 2. The minimum absolute atomic E-state index is 0.218. The van der Waals surface area contributed by atoms with E-state index in [0.29, 0.717) is 24.5 Å². The zero-order chi connectivity index (χ0) is 15.0. The van der Waals surface area contributed by atoms with Crippen molar-refractivity contribution in [2.45, 2.75) is 6.92 Å². The number of nitrogens with one attached hydrogen (secondary N) is 1. The highest BCUT2D eigenvalue weighted by atomic mass is 16.5. The van der Waals surface area contributed by atoms with E-state index in [1.54, 1.807) is 24.3 Å². The van der Waals surface area contributed by atoms with Gasteiger partial charge < -0.3 is 10.5 Å². The standard InChI is InChI=1S/C13H20N4O3/c1-2-17(9-12(14)18)7-8-20-11-5-3-10(4-6-11)13(19)16-15/h3-6H,2,7-9,15H2,1H3,(H2,14,18)(H,16,19). The fraction of sp³-hybridized carbons (Fsp3) is 0.385. The maximum absolute atomic E-state index is 11.2. The third kappa shape index (κ3) is 5.25. The van der Waals surface area contributed by atoms with Crippen LogP contribution in [-0.4, -0.2) is 43.0 Å². The molecule has 0 radical (unpaired) electrons. The summed E-state index contributed by atoms with van der Waals surface area (Å²) in [5, 5.41) is 0. The smallest absolute Gasteiger partial charge is 0.265 e. The van der Waals surface area contributed by atoms with Gasteiger partial charge in [-0.1, -0.05) is 6.92 Å². The Hall–Kier alpha value is -2.12. The molecule has 0 atom stereocenters. The van der Waals surface area contributed by atoms with E-state index in [-0.39, 0.29) is 18.4 Å². The summed E-state index contributed by atoms with van der Waals surface area (Å²) in [7, 11) is 0. The predicted molar refractivity (Wildman–Crippen MR) is 74.9 cm³/mol. The molecule has 0 unspecified atom stereocenters. The van der Waals surface area contributed by atoms with E-state index in [4.69, 9.17) is 16.3 Å². The van der Waals surface area contributed by atoms with Gasteiger partial charge in [-0.05, 0) is 30.8 Å². The van der Waals surface area contributed by atoms with Crippen LogP contribution in [-0.2, 0) is 4.79 Å². The molecule has 0 aliphatic rings. The van der Waals surface area contributed by atoms with Crippen LogP contribution in [0.2, 0.25) is 0 Å². The molecule has 0 heterocycles. The highest BCUT2D eigenvalue weighted by Gasteiger charge is 2.06. The van der Waals surface area contributed by atoms with Crippen LogP contribution in [0.3, 0.4) is 0 Å². The van der Waals surface area contributed by atoms with Gasteiger partial charge in [0.05, 0.1) is 6.54 Å². The number of benzene rings is 1. The van der Waals surface area contributed by atoms with Crippen LogP contribution in [0.15, 0.2) is 24.3 Å². The van der Waals surface area contributed by atoms with Crippen molar-refractivity contribution in [3.05, 3.63) is 29.8 Å². The molecular weight excluding hydrogens is 260 g/mol. The summed E-state index contributed by atoms with van der Waals surface area (Å²) in [4.78, 5) is 24.0. The number of hydrazine groups is 1. The highest BCUT2D eigenvalue weighted by Crippen LogP contribution is 2.12. The Kier molecular flexibility index (Phi) is 6.48. The minimum Gasteiger partial charge on any atom is -0.492 e.